The molecule has 9 nitrogen and oxygen atoms in total. The van der Waals surface area contributed by atoms with Gasteiger partial charge in [-0.15, -0.1) is 5.10 Å². The van der Waals surface area contributed by atoms with Crippen molar-refractivity contribution in [2.75, 3.05) is 34.3 Å². The number of para-hydroxylation sites is 1. The van der Waals surface area contributed by atoms with E-state index < -0.39 is 0 Å². The summed E-state index contributed by atoms with van der Waals surface area (Å²) in [6, 6.07) is 10.9. The Labute approximate surface area is 220 Å². The first-order valence-corrected chi connectivity index (χ1v) is 12.7. The fourth-order valence-electron chi connectivity index (χ4n) is 5.19. The van der Waals surface area contributed by atoms with Crippen LogP contribution in [0.4, 0.5) is 4.39 Å². The van der Waals surface area contributed by atoms with Gasteiger partial charge in [-0.2, -0.15) is 0 Å². The fourth-order valence-corrected chi connectivity index (χ4v) is 5.19. The third-order valence-corrected chi connectivity index (χ3v) is 7.13. The summed E-state index contributed by atoms with van der Waals surface area (Å²) in [5.41, 5.74) is 2.90. The van der Waals surface area contributed by atoms with Gasteiger partial charge in [0.15, 0.2) is 5.82 Å². The molecule has 1 N–H and O–H groups in total. The van der Waals surface area contributed by atoms with Crippen LogP contribution in [0, 0.1) is 5.82 Å². The molecule has 1 unspecified atom stereocenters. The zero-order valence-corrected chi connectivity index (χ0v) is 21.8. The molecule has 1 fully saturated rings. The van der Waals surface area contributed by atoms with Crippen LogP contribution in [0.3, 0.4) is 0 Å². The Kier molecular flexibility index (Phi) is 7.13. The molecule has 0 bridgehead atoms. The van der Waals surface area contributed by atoms with E-state index in [1.807, 2.05) is 24.3 Å². The van der Waals surface area contributed by atoms with Gasteiger partial charge in [0.2, 0.25) is 5.91 Å². The highest BCUT2D eigenvalue weighted by Crippen LogP contribution is 2.40. The lowest BCUT2D eigenvalue weighted by molar-refractivity contribution is -0.132. The largest absolute Gasteiger partial charge is 0.496 e. The SMILES string of the molecule is COc1ccccc1-c1cc(C(=O)N(C)C)cc2c(F)c(C3CCCN(C(=O)CCn4ccnn4)C3)[nH]c12. The Morgan fingerprint density at radius 1 is 1.21 bits per heavy atom. The lowest BCUT2D eigenvalue weighted by Gasteiger charge is -2.32. The van der Waals surface area contributed by atoms with Gasteiger partial charge in [-0.3, -0.25) is 14.3 Å². The van der Waals surface area contributed by atoms with Crippen LogP contribution in [0.25, 0.3) is 22.0 Å². The van der Waals surface area contributed by atoms with Crippen LogP contribution in [-0.2, 0) is 11.3 Å². The number of rotatable bonds is 7. The molecule has 0 radical (unpaired) electrons. The number of halogens is 1. The Balaban J connectivity index is 1.51. The second kappa shape index (κ2) is 10.6. The van der Waals surface area contributed by atoms with Gasteiger partial charge < -0.3 is 19.5 Å². The highest BCUT2D eigenvalue weighted by atomic mass is 19.1. The lowest BCUT2D eigenvalue weighted by atomic mass is 9.94. The van der Waals surface area contributed by atoms with Crippen LogP contribution >= 0.6 is 0 Å². The van der Waals surface area contributed by atoms with E-state index in [0.717, 1.165) is 18.4 Å². The molecule has 2 aromatic heterocycles. The van der Waals surface area contributed by atoms with Crippen molar-refractivity contribution in [1.82, 2.24) is 29.8 Å². The molecular weight excluding hydrogens is 487 g/mol. The molecule has 3 heterocycles. The van der Waals surface area contributed by atoms with Gasteiger partial charge >= 0.3 is 0 Å². The molecule has 10 heteroatoms. The van der Waals surface area contributed by atoms with E-state index in [9.17, 15) is 9.59 Å². The van der Waals surface area contributed by atoms with Crippen molar-refractivity contribution >= 4 is 22.7 Å². The first-order chi connectivity index (χ1) is 18.4. The Hall–Kier alpha value is -4.21. The summed E-state index contributed by atoms with van der Waals surface area (Å²) in [5.74, 6) is -0.152. The summed E-state index contributed by atoms with van der Waals surface area (Å²) in [6.45, 7) is 1.52. The molecule has 1 atom stereocenters. The number of aryl methyl sites for hydroxylation is 1. The number of carbonyl (C=O) groups excluding carboxylic acids is 2. The van der Waals surface area contributed by atoms with Crippen molar-refractivity contribution in [1.29, 1.82) is 0 Å². The number of piperidine rings is 1. The zero-order valence-electron chi connectivity index (χ0n) is 21.8. The molecule has 0 aliphatic carbocycles. The molecule has 4 aromatic rings. The maximum Gasteiger partial charge on any atom is 0.253 e. The van der Waals surface area contributed by atoms with Crippen molar-refractivity contribution in [3.8, 4) is 16.9 Å². The molecule has 5 rings (SSSR count). The summed E-state index contributed by atoms with van der Waals surface area (Å²) in [5, 5.41) is 8.03. The molecule has 2 amide bonds. The number of H-pyrrole nitrogens is 1. The molecule has 1 aliphatic heterocycles. The number of aromatic amines is 1. The topological polar surface area (TPSA) is 96.3 Å². The fraction of sp³-hybridized carbons (Fsp3) is 0.357. The predicted octanol–water partition coefficient (Wildman–Crippen LogP) is 4.07. The van der Waals surface area contributed by atoms with Crippen molar-refractivity contribution in [2.45, 2.75) is 31.7 Å². The van der Waals surface area contributed by atoms with Gasteiger partial charge in [-0.25, -0.2) is 4.39 Å². The smallest absolute Gasteiger partial charge is 0.253 e. The number of amides is 2. The molecule has 2 aromatic carbocycles. The minimum atomic E-state index is -0.383. The molecule has 38 heavy (non-hydrogen) atoms. The normalized spacial score (nSPS) is 15.6. The van der Waals surface area contributed by atoms with Crippen molar-refractivity contribution in [3.05, 3.63) is 65.9 Å². The molecule has 1 aliphatic rings. The first kappa shape index (κ1) is 25.4. The number of methoxy groups -OCH3 is 1. The monoisotopic (exact) mass is 518 g/mol. The van der Waals surface area contributed by atoms with Crippen molar-refractivity contribution in [3.63, 3.8) is 0 Å². The average molecular weight is 519 g/mol. The Bertz CT molecular complexity index is 1460. The van der Waals surface area contributed by atoms with E-state index in [1.165, 1.54) is 4.90 Å². The Morgan fingerprint density at radius 2 is 2.03 bits per heavy atom. The molecular formula is C28H31FN6O3. The van der Waals surface area contributed by atoms with Crippen LogP contribution < -0.4 is 4.74 Å². The third kappa shape index (κ3) is 4.85. The maximum atomic E-state index is 16.1. The lowest BCUT2D eigenvalue weighted by Crippen LogP contribution is -2.39. The van der Waals surface area contributed by atoms with Crippen molar-refractivity contribution in [2.24, 2.45) is 0 Å². The van der Waals surface area contributed by atoms with E-state index in [0.29, 0.717) is 59.5 Å². The number of ether oxygens (including phenoxy) is 1. The second-order valence-corrected chi connectivity index (χ2v) is 9.79. The average Bonchev–Trinajstić information content (AvgIpc) is 3.58. The summed E-state index contributed by atoms with van der Waals surface area (Å²) < 4.78 is 23.3. The van der Waals surface area contributed by atoms with E-state index in [4.69, 9.17) is 4.74 Å². The minimum absolute atomic E-state index is 0.00953. The van der Waals surface area contributed by atoms with Gasteiger partial charge in [-0.1, -0.05) is 23.4 Å². The van der Waals surface area contributed by atoms with Crippen LogP contribution in [0.5, 0.6) is 5.75 Å². The predicted molar refractivity (Wildman–Crippen MR) is 141 cm³/mol. The summed E-state index contributed by atoms with van der Waals surface area (Å²) in [4.78, 5) is 32.5. The van der Waals surface area contributed by atoms with Crippen LogP contribution in [0.15, 0.2) is 48.8 Å². The van der Waals surface area contributed by atoms with Crippen molar-refractivity contribution < 1.29 is 18.7 Å². The number of benzene rings is 2. The van der Waals surface area contributed by atoms with Gasteiger partial charge in [0.05, 0.1) is 31.1 Å². The second-order valence-electron chi connectivity index (χ2n) is 9.79. The van der Waals surface area contributed by atoms with Gasteiger partial charge in [0.25, 0.3) is 5.91 Å². The third-order valence-electron chi connectivity index (χ3n) is 7.13. The highest BCUT2D eigenvalue weighted by molar-refractivity contribution is 6.04. The highest BCUT2D eigenvalue weighted by Gasteiger charge is 2.30. The van der Waals surface area contributed by atoms with Crippen LogP contribution in [0.2, 0.25) is 0 Å². The van der Waals surface area contributed by atoms with Crippen LogP contribution in [-0.4, -0.2) is 75.9 Å². The molecule has 198 valence electrons. The van der Waals surface area contributed by atoms with E-state index in [1.54, 1.807) is 55.3 Å². The molecule has 0 saturated carbocycles. The number of hydrogen-bond donors (Lipinski definition) is 1. The number of aromatic nitrogens is 4. The summed E-state index contributed by atoms with van der Waals surface area (Å²) >= 11 is 0. The minimum Gasteiger partial charge on any atom is -0.496 e. The van der Waals surface area contributed by atoms with E-state index >= 15 is 4.39 Å². The number of hydrogen-bond acceptors (Lipinski definition) is 5. The number of fused-ring (bicyclic) bond motifs is 1. The van der Waals surface area contributed by atoms with E-state index in [2.05, 4.69) is 15.3 Å². The standard InChI is InChI=1S/C28H31FN6O3/c1-33(2)28(37)19-15-21(20-8-4-5-9-23(20)38-3)27-22(16-19)25(29)26(31-27)18-7-6-12-34(17-18)24(36)10-13-35-14-11-30-32-35/h4-5,8-9,11,14-16,18,31H,6-7,10,12-13,17H2,1-3H3. The summed E-state index contributed by atoms with van der Waals surface area (Å²) in [6.07, 6.45) is 5.14. The Morgan fingerprint density at radius 3 is 2.76 bits per heavy atom. The van der Waals surface area contributed by atoms with Crippen LogP contribution in [0.1, 0.15) is 41.2 Å². The summed E-state index contributed by atoms with van der Waals surface area (Å²) in [7, 11) is 4.93. The number of likely N-dealkylation sites (tertiary alicyclic amines) is 1. The van der Waals surface area contributed by atoms with Gasteiger partial charge in [0, 0.05) is 67.8 Å². The molecule has 0 spiro atoms. The zero-order chi connectivity index (χ0) is 26.8. The van der Waals surface area contributed by atoms with E-state index in [-0.39, 0.29) is 23.5 Å². The van der Waals surface area contributed by atoms with Gasteiger partial charge in [0.1, 0.15) is 5.75 Å². The molecule has 1 saturated heterocycles. The number of nitrogens with one attached hydrogen (secondary N) is 1. The number of carbonyl (C=O) groups is 2. The quantitative estimate of drug-likeness (QED) is 0.398. The number of nitrogens with zero attached hydrogens (tertiary/aromatic N) is 5. The van der Waals surface area contributed by atoms with Gasteiger partial charge in [-0.05, 0) is 31.0 Å². The maximum absolute atomic E-state index is 16.1. The first-order valence-electron chi connectivity index (χ1n) is 12.7.